The zero-order chi connectivity index (χ0) is 22.2. The first-order valence-electron chi connectivity index (χ1n) is 10.8. The molecule has 4 rings (SSSR count). The third-order valence-electron chi connectivity index (χ3n) is 6.95. The summed E-state index contributed by atoms with van der Waals surface area (Å²) in [6.07, 6.45) is -0.556. The fourth-order valence-electron chi connectivity index (χ4n) is 5.54. The van der Waals surface area contributed by atoms with Crippen LogP contribution in [0.1, 0.15) is 30.7 Å². The van der Waals surface area contributed by atoms with Gasteiger partial charge in [-0.1, -0.05) is 6.07 Å². The van der Waals surface area contributed by atoms with Gasteiger partial charge in [-0.05, 0) is 42.7 Å². The molecule has 7 nitrogen and oxygen atoms in total. The lowest BCUT2D eigenvalue weighted by Gasteiger charge is -2.50. The van der Waals surface area contributed by atoms with E-state index in [9.17, 15) is 18.0 Å². The van der Waals surface area contributed by atoms with Gasteiger partial charge in [-0.3, -0.25) is 15.6 Å². The van der Waals surface area contributed by atoms with Gasteiger partial charge in [0.25, 0.3) is 0 Å². The van der Waals surface area contributed by atoms with Gasteiger partial charge in [0.15, 0.2) is 0 Å². The molecule has 5 atom stereocenters. The Labute approximate surface area is 180 Å². The number of piperidine rings is 1. The van der Waals surface area contributed by atoms with Gasteiger partial charge in [-0.25, -0.2) is 4.98 Å². The number of aromatic nitrogens is 1. The SMILES string of the molecule is COCCN(C)c1ncccc1C1CCC2C3NNCC3C(=O)N(CC(F)(F)F)C2C1. The molecule has 1 amide bonds. The molecule has 1 saturated carbocycles. The number of hydrazine groups is 1. The van der Waals surface area contributed by atoms with E-state index in [-0.39, 0.29) is 17.9 Å². The summed E-state index contributed by atoms with van der Waals surface area (Å²) in [5.74, 6) is 0.0395. The van der Waals surface area contributed by atoms with Gasteiger partial charge in [-0.15, -0.1) is 0 Å². The second-order valence-electron chi connectivity index (χ2n) is 8.81. The molecule has 1 aromatic heterocycles. The number of carbonyl (C=O) groups excluding carboxylic acids is 1. The van der Waals surface area contributed by atoms with Crippen LogP contribution in [0.25, 0.3) is 0 Å². The number of likely N-dealkylation sites (tertiary alicyclic amines) is 1. The topological polar surface area (TPSA) is 69.7 Å². The van der Waals surface area contributed by atoms with E-state index in [0.717, 1.165) is 29.1 Å². The number of rotatable bonds is 6. The molecule has 5 unspecified atom stereocenters. The largest absolute Gasteiger partial charge is 0.406 e. The lowest BCUT2D eigenvalue weighted by molar-refractivity contribution is -0.178. The minimum absolute atomic E-state index is 0.00245. The minimum Gasteiger partial charge on any atom is -0.383 e. The molecule has 2 aliphatic heterocycles. The van der Waals surface area contributed by atoms with Crippen molar-refractivity contribution >= 4 is 11.7 Å². The average molecular weight is 441 g/mol. The van der Waals surface area contributed by atoms with Crippen molar-refractivity contribution in [2.24, 2.45) is 11.8 Å². The number of carbonyl (C=O) groups is 1. The number of fused-ring (bicyclic) bond motifs is 3. The van der Waals surface area contributed by atoms with Crippen LogP contribution >= 0.6 is 0 Å². The summed E-state index contributed by atoms with van der Waals surface area (Å²) in [6, 6.07) is 3.32. The van der Waals surface area contributed by atoms with Crippen LogP contribution in [0.15, 0.2) is 18.3 Å². The van der Waals surface area contributed by atoms with Gasteiger partial charge >= 0.3 is 6.18 Å². The zero-order valence-corrected chi connectivity index (χ0v) is 17.9. The zero-order valence-electron chi connectivity index (χ0n) is 17.9. The van der Waals surface area contributed by atoms with Crippen LogP contribution < -0.4 is 15.8 Å². The maximum atomic E-state index is 13.4. The molecule has 10 heteroatoms. The molecule has 0 radical (unpaired) electrons. The number of hydrogen-bond donors (Lipinski definition) is 2. The number of anilines is 1. The molecule has 3 heterocycles. The summed E-state index contributed by atoms with van der Waals surface area (Å²) in [7, 11) is 3.58. The average Bonchev–Trinajstić information content (AvgIpc) is 3.24. The lowest BCUT2D eigenvalue weighted by atomic mass is 9.67. The van der Waals surface area contributed by atoms with E-state index in [4.69, 9.17) is 4.74 Å². The number of ether oxygens (including phenoxy) is 1. The number of likely N-dealkylation sites (N-methyl/N-ethyl adjacent to an activating group) is 1. The summed E-state index contributed by atoms with van der Waals surface area (Å²) in [6.45, 7) is 0.410. The van der Waals surface area contributed by atoms with Crippen LogP contribution in [0.2, 0.25) is 0 Å². The van der Waals surface area contributed by atoms with Crippen molar-refractivity contribution in [3.63, 3.8) is 0 Å². The van der Waals surface area contributed by atoms with Crippen LogP contribution in [0.4, 0.5) is 19.0 Å². The molecule has 0 spiro atoms. The molecule has 2 N–H and O–H groups in total. The summed E-state index contributed by atoms with van der Waals surface area (Å²) in [4.78, 5) is 20.7. The fraction of sp³-hybridized carbons (Fsp3) is 0.714. The second kappa shape index (κ2) is 8.91. The first-order chi connectivity index (χ1) is 14.8. The lowest BCUT2D eigenvalue weighted by Crippen LogP contribution is -2.63. The van der Waals surface area contributed by atoms with Crippen molar-refractivity contribution in [3.05, 3.63) is 23.9 Å². The van der Waals surface area contributed by atoms with E-state index < -0.39 is 30.6 Å². The summed E-state index contributed by atoms with van der Waals surface area (Å²) < 4.78 is 45.3. The maximum absolute atomic E-state index is 13.4. The van der Waals surface area contributed by atoms with Crippen molar-refractivity contribution in [1.82, 2.24) is 20.7 Å². The van der Waals surface area contributed by atoms with Crippen molar-refractivity contribution in [2.75, 3.05) is 45.3 Å². The molecular formula is C21H30F3N5O2. The minimum atomic E-state index is -4.42. The molecule has 0 aromatic carbocycles. The normalized spacial score (nSPS) is 30.8. The quantitative estimate of drug-likeness (QED) is 0.703. The number of alkyl halides is 3. The van der Waals surface area contributed by atoms with E-state index in [1.807, 2.05) is 24.1 Å². The van der Waals surface area contributed by atoms with E-state index in [1.165, 1.54) is 0 Å². The van der Waals surface area contributed by atoms with Gasteiger partial charge in [0.1, 0.15) is 12.4 Å². The first-order valence-corrected chi connectivity index (χ1v) is 10.8. The van der Waals surface area contributed by atoms with Gasteiger partial charge in [0.2, 0.25) is 5.91 Å². The van der Waals surface area contributed by atoms with Crippen molar-refractivity contribution in [3.8, 4) is 0 Å². The third-order valence-corrected chi connectivity index (χ3v) is 6.95. The maximum Gasteiger partial charge on any atom is 0.406 e. The molecule has 1 aromatic rings. The van der Waals surface area contributed by atoms with E-state index in [1.54, 1.807) is 13.3 Å². The van der Waals surface area contributed by atoms with Crippen LogP contribution in [-0.2, 0) is 9.53 Å². The number of nitrogens with one attached hydrogen (secondary N) is 2. The Bertz CT molecular complexity index is 793. The Balaban J connectivity index is 1.60. The van der Waals surface area contributed by atoms with E-state index in [2.05, 4.69) is 15.8 Å². The van der Waals surface area contributed by atoms with Crippen molar-refractivity contribution in [2.45, 2.75) is 43.4 Å². The standard InChI is InChI=1S/C21H30F3N5O2/c1-28(8-9-31-2)19-14(4-3-7-25-19)13-5-6-15-17(10-13)29(12-21(22,23)24)20(30)16-11-26-27-18(15)16/h3-4,7,13,15-18,26-27H,5-6,8-12H2,1-2H3. The van der Waals surface area contributed by atoms with Crippen molar-refractivity contribution < 1.29 is 22.7 Å². The molecule has 3 fully saturated rings. The fourth-order valence-corrected chi connectivity index (χ4v) is 5.54. The van der Waals surface area contributed by atoms with Gasteiger partial charge in [-0.2, -0.15) is 13.2 Å². The summed E-state index contributed by atoms with van der Waals surface area (Å²) in [5.41, 5.74) is 7.18. The number of pyridine rings is 1. The monoisotopic (exact) mass is 441 g/mol. The van der Waals surface area contributed by atoms with Crippen LogP contribution in [0.3, 0.4) is 0 Å². The Morgan fingerprint density at radius 1 is 1.35 bits per heavy atom. The molecule has 172 valence electrons. The van der Waals surface area contributed by atoms with Crippen LogP contribution in [0.5, 0.6) is 0 Å². The predicted octanol–water partition coefficient (Wildman–Crippen LogP) is 1.91. The highest BCUT2D eigenvalue weighted by Gasteiger charge is 2.54. The molecule has 1 aliphatic carbocycles. The van der Waals surface area contributed by atoms with Gasteiger partial charge in [0, 0.05) is 45.5 Å². The van der Waals surface area contributed by atoms with Crippen LogP contribution in [0, 0.1) is 11.8 Å². The number of methoxy groups -OCH3 is 1. The number of amides is 1. The Morgan fingerprint density at radius 2 is 2.16 bits per heavy atom. The molecule has 3 aliphatic rings. The predicted molar refractivity (Wildman–Crippen MR) is 109 cm³/mol. The van der Waals surface area contributed by atoms with Crippen molar-refractivity contribution in [1.29, 1.82) is 0 Å². The first kappa shape index (κ1) is 22.3. The summed E-state index contributed by atoms with van der Waals surface area (Å²) in [5, 5.41) is 0. The molecular weight excluding hydrogens is 411 g/mol. The molecule has 0 bridgehead atoms. The molecule has 2 saturated heterocycles. The van der Waals surface area contributed by atoms with Gasteiger partial charge in [0.05, 0.1) is 12.5 Å². The second-order valence-corrected chi connectivity index (χ2v) is 8.81. The Kier molecular flexibility index (Phi) is 6.41. The number of nitrogens with zero attached hydrogens (tertiary/aromatic N) is 3. The van der Waals surface area contributed by atoms with E-state index >= 15 is 0 Å². The third kappa shape index (κ3) is 4.51. The highest BCUT2D eigenvalue weighted by Crippen LogP contribution is 2.46. The number of hydrogen-bond acceptors (Lipinski definition) is 6. The van der Waals surface area contributed by atoms with Gasteiger partial charge < -0.3 is 14.5 Å². The highest BCUT2D eigenvalue weighted by atomic mass is 19.4. The Morgan fingerprint density at radius 3 is 2.90 bits per heavy atom. The Hall–Kier alpha value is -1.91. The smallest absolute Gasteiger partial charge is 0.383 e. The van der Waals surface area contributed by atoms with Crippen LogP contribution in [-0.4, -0.2) is 74.4 Å². The van der Waals surface area contributed by atoms with E-state index in [0.29, 0.717) is 26.1 Å². The summed E-state index contributed by atoms with van der Waals surface area (Å²) >= 11 is 0. The molecule has 31 heavy (non-hydrogen) atoms. The highest BCUT2D eigenvalue weighted by molar-refractivity contribution is 5.82. The number of halogens is 3.